The lowest BCUT2D eigenvalue weighted by Gasteiger charge is -2.25. The van der Waals surface area contributed by atoms with Gasteiger partial charge < -0.3 is 11.5 Å². The molecule has 0 radical (unpaired) electrons. The van der Waals surface area contributed by atoms with Gasteiger partial charge in [-0.15, -0.1) is 6.42 Å². The number of terminal acetylenes is 1. The van der Waals surface area contributed by atoms with E-state index in [0.29, 0.717) is 5.54 Å². The summed E-state index contributed by atoms with van der Waals surface area (Å²) in [5.74, 6) is 7.08. The zero-order chi connectivity index (χ0) is 11.7. The average Bonchev–Trinajstić information content (AvgIpc) is 2.56. The number of rotatable bonds is 1. The molecule has 0 aliphatic heterocycles. The molecule has 1 aliphatic carbocycles. The van der Waals surface area contributed by atoms with Gasteiger partial charge in [-0.3, -0.25) is 0 Å². The maximum absolute atomic E-state index is 4.72. The molecular weight excluding hydrogens is 196 g/mol. The summed E-state index contributed by atoms with van der Waals surface area (Å²) in [6.45, 7) is 8.43. The fourth-order valence-electron chi connectivity index (χ4n) is 1.75. The molecule has 0 unspecified atom stereocenters. The van der Waals surface area contributed by atoms with Gasteiger partial charge in [0.2, 0.25) is 0 Å². The molecule has 4 N–H and O–H groups in total. The van der Waals surface area contributed by atoms with Crippen molar-refractivity contribution in [2.45, 2.75) is 65.0 Å². The Bertz CT molecular complexity index is 263. The zero-order valence-electron chi connectivity index (χ0n) is 11.2. The van der Waals surface area contributed by atoms with Gasteiger partial charge in [0.1, 0.15) is 0 Å². The quantitative estimate of drug-likeness (QED) is 0.669. The van der Waals surface area contributed by atoms with E-state index in [1.54, 1.807) is 6.92 Å². The normalized spacial score (nSPS) is 14.7. The molecule has 1 fully saturated rings. The maximum Gasteiger partial charge on any atom is 0.00990 e. The second kappa shape index (κ2) is 9.28. The molecule has 0 bridgehead atoms. The van der Waals surface area contributed by atoms with Crippen molar-refractivity contribution in [3.63, 3.8) is 0 Å². The van der Waals surface area contributed by atoms with Crippen LogP contribution >= 0.6 is 0 Å². The Morgan fingerprint density at radius 1 is 1.25 bits per heavy atom. The first-order chi connectivity index (χ1) is 6.99. The highest BCUT2D eigenvalue weighted by atomic mass is 15.0. The summed E-state index contributed by atoms with van der Waals surface area (Å²) in [7, 11) is 0. The zero-order valence-corrected chi connectivity index (χ0v) is 11.2. The largest absolute Gasteiger partial charge is 0.344 e. The van der Waals surface area contributed by atoms with Gasteiger partial charge in [0, 0.05) is 15.9 Å². The van der Waals surface area contributed by atoms with Crippen molar-refractivity contribution in [3.05, 3.63) is 0 Å². The van der Waals surface area contributed by atoms with Crippen LogP contribution in [0, 0.1) is 24.2 Å². The van der Waals surface area contributed by atoms with Crippen molar-refractivity contribution in [1.82, 2.24) is 11.5 Å². The van der Waals surface area contributed by atoms with Crippen molar-refractivity contribution in [3.8, 4) is 24.2 Å². The lowest BCUT2D eigenvalue weighted by atomic mass is 10.1. The minimum atomic E-state index is 0. The third-order valence-electron chi connectivity index (χ3n) is 2.19. The van der Waals surface area contributed by atoms with Crippen LogP contribution in [0.1, 0.15) is 57.7 Å². The van der Waals surface area contributed by atoms with Crippen LogP contribution in [-0.4, -0.2) is 11.6 Å². The molecule has 0 amide bonds. The number of nitrogens with one attached hydrogen (secondary N) is 1. The van der Waals surface area contributed by atoms with Gasteiger partial charge in [-0.25, -0.2) is 0 Å². The molecule has 2 nitrogen and oxygen atoms in total. The molecule has 0 aromatic heterocycles. The molecule has 0 saturated heterocycles. The monoisotopic (exact) mass is 228 g/mol. The van der Waals surface area contributed by atoms with E-state index in [-0.39, 0.29) is 10.4 Å². The highest BCUT2D eigenvalue weighted by Crippen LogP contribution is 2.19. The fourth-order valence-corrected chi connectivity index (χ4v) is 1.75. The molecule has 16 heavy (non-hydrogen) atoms. The van der Waals surface area contributed by atoms with E-state index in [2.05, 4.69) is 43.8 Å². The van der Waals surface area contributed by atoms with Crippen molar-refractivity contribution >= 4 is 0 Å². The maximum atomic E-state index is 4.72. The Balaban J connectivity index is -0.0000000652. The molecule has 0 atom stereocenters. The van der Waals surface area contributed by atoms with Crippen molar-refractivity contribution in [2.75, 3.05) is 0 Å². The summed E-state index contributed by atoms with van der Waals surface area (Å²) >= 11 is 0. The van der Waals surface area contributed by atoms with Crippen molar-refractivity contribution in [2.24, 2.45) is 0 Å². The summed E-state index contributed by atoms with van der Waals surface area (Å²) in [6.07, 6.45) is 10.3. The Morgan fingerprint density at radius 3 is 2.00 bits per heavy atom. The minimum absolute atomic E-state index is 0. The Kier molecular flexibility index (Phi) is 10.1. The summed E-state index contributed by atoms with van der Waals surface area (Å²) in [5, 5.41) is 3.62. The standard InChI is InChI=1S/C9H19N.C5H4.H3N.3H2/c1-9(2,3)10-8-6-4-5-7-8;1-3-5-4-2;;;;/h8,10H,4-7H2,1-3H3;1H,2H3;1H3;3*1H. The summed E-state index contributed by atoms with van der Waals surface area (Å²) in [4.78, 5) is 0. The molecule has 0 spiro atoms. The van der Waals surface area contributed by atoms with Crippen LogP contribution in [-0.2, 0) is 0 Å². The average molecular weight is 228 g/mol. The van der Waals surface area contributed by atoms with E-state index >= 15 is 0 Å². The molecule has 0 aromatic rings. The third-order valence-corrected chi connectivity index (χ3v) is 2.19. The molecule has 0 heterocycles. The van der Waals surface area contributed by atoms with Crippen LogP contribution in [0.2, 0.25) is 0 Å². The molecule has 1 saturated carbocycles. The molecule has 1 aliphatic rings. The van der Waals surface area contributed by atoms with Crippen LogP contribution in [0.15, 0.2) is 0 Å². The fraction of sp³-hybridized carbons (Fsp3) is 0.714. The number of hydrogen-bond donors (Lipinski definition) is 2. The smallest absolute Gasteiger partial charge is 0.00990 e. The van der Waals surface area contributed by atoms with Gasteiger partial charge in [-0.1, -0.05) is 18.8 Å². The first-order valence-corrected chi connectivity index (χ1v) is 5.64. The highest BCUT2D eigenvalue weighted by Gasteiger charge is 2.19. The van der Waals surface area contributed by atoms with Crippen molar-refractivity contribution < 1.29 is 4.28 Å². The van der Waals surface area contributed by atoms with Gasteiger partial charge in [0.25, 0.3) is 0 Å². The molecule has 1 rings (SSSR count). The van der Waals surface area contributed by atoms with Gasteiger partial charge in [-0.05, 0) is 52.4 Å². The molecular formula is C14H32N2. The lowest BCUT2D eigenvalue weighted by Crippen LogP contribution is -2.42. The number of hydrogen-bond acceptors (Lipinski definition) is 2. The van der Waals surface area contributed by atoms with E-state index in [1.807, 2.05) is 0 Å². The van der Waals surface area contributed by atoms with Gasteiger partial charge >= 0.3 is 0 Å². The second-order valence-corrected chi connectivity index (χ2v) is 4.90. The summed E-state index contributed by atoms with van der Waals surface area (Å²) < 4.78 is 0. The highest BCUT2D eigenvalue weighted by molar-refractivity contribution is 5.20. The Morgan fingerprint density at radius 2 is 1.75 bits per heavy atom. The van der Waals surface area contributed by atoms with Crippen LogP contribution in [0.4, 0.5) is 0 Å². The van der Waals surface area contributed by atoms with Crippen LogP contribution in [0.3, 0.4) is 0 Å². The predicted octanol–water partition coefficient (Wildman–Crippen LogP) is 3.86. The SMILES string of the molecule is C#CC#CC.CC(C)(C)NC1CCCC1.N.[HH].[HH].[HH]. The van der Waals surface area contributed by atoms with E-state index in [1.165, 1.54) is 25.7 Å². The van der Waals surface area contributed by atoms with Gasteiger partial charge in [0.05, 0.1) is 0 Å². The summed E-state index contributed by atoms with van der Waals surface area (Å²) in [6, 6.07) is 0.806. The lowest BCUT2D eigenvalue weighted by molar-refractivity contribution is 0.361. The van der Waals surface area contributed by atoms with E-state index in [0.717, 1.165) is 6.04 Å². The first kappa shape index (κ1) is 17.4. The van der Waals surface area contributed by atoms with E-state index in [9.17, 15) is 0 Å². The Hall–Kier alpha value is -0.960. The third kappa shape index (κ3) is 11.1. The van der Waals surface area contributed by atoms with Crippen LogP contribution < -0.4 is 11.5 Å². The first-order valence-electron chi connectivity index (χ1n) is 5.64. The topological polar surface area (TPSA) is 47.0 Å². The van der Waals surface area contributed by atoms with E-state index in [4.69, 9.17) is 6.42 Å². The van der Waals surface area contributed by atoms with Crippen LogP contribution in [0.5, 0.6) is 0 Å². The van der Waals surface area contributed by atoms with Crippen LogP contribution in [0.25, 0.3) is 0 Å². The second-order valence-electron chi connectivity index (χ2n) is 4.90. The Labute approximate surface area is 106 Å². The molecule has 98 valence electrons. The predicted molar refractivity (Wildman–Crippen MR) is 78.8 cm³/mol. The van der Waals surface area contributed by atoms with E-state index < -0.39 is 0 Å². The van der Waals surface area contributed by atoms with Gasteiger partial charge in [-0.2, -0.15) is 0 Å². The summed E-state index contributed by atoms with van der Waals surface area (Å²) in [5.41, 5.74) is 0.314. The van der Waals surface area contributed by atoms with Crippen molar-refractivity contribution in [1.29, 1.82) is 0 Å². The van der Waals surface area contributed by atoms with Gasteiger partial charge in [0.15, 0.2) is 0 Å². The minimum Gasteiger partial charge on any atom is -0.344 e. The molecule has 2 heteroatoms. The molecule has 0 aromatic carbocycles.